The summed E-state index contributed by atoms with van der Waals surface area (Å²) in [6, 6.07) is 5.19. The molecule has 2 unspecified atom stereocenters. The second-order valence-electron chi connectivity index (χ2n) is 5.45. The fourth-order valence-corrected chi connectivity index (χ4v) is 2.75. The van der Waals surface area contributed by atoms with Gasteiger partial charge < -0.3 is 10.6 Å². The van der Waals surface area contributed by atoms with Gasteiger partial charge in [-0.05, 0) is 44.9 Å². The number of nitrogens with one attached hydrogen (secondary N) is 2. The third-order valence-electron chi connectivity index (χ3n) is 3.73. The molecule has 2 atom stereocenters. The first-order valence-electron chi connectivity index (χ1n) is 7.25. The summed E-state index contributed by atoms with van der Waals surface area (Å²) < 4.78 is 1.90. The molecule has 0 amide bonds. The standard InChI is InChI=1S/C15H21N5/c1-12(9-13-3-2-6-17-13)19-14-4-5-15(18-10-14)20-8-7-16-11-20/h4-5,7-8,10-13,17,19H,2-3,6,9H2,1H3. The molecule has 5 nitrogen and oxygen atoms in total. The van der Waals surface area contributed by atoms with Crippen molar-refractivity contribution < 1.29 is 0 Å². The van der Waals surface area contributed by atoms with Crippen LogP contribution in [0.4, 0.5) is 5.69 Å². The van der Waals surface area contributed by atoms with Gasteiger partial charge in [0.15, 0.2) is 0 Å². The molecular formula is C15H21N5. The Labute approximate surface area is 119 Å². The summed E-state index contributed by atoms with van der Waals surface area (Å²) in [5.74, 6) is 0.887. The molecule has 0 saturated carbocycles. The molecule has 2 aromatic heterocycles. The first-order chi connectivity index (χ1) is 9.81. The number of nitrogens with zero attached hydrogens (tertiary/aromatic N) is 3. The predicted octanol–water partition coefficient (Wildman–Crippen LogP) is 2.21. The van der Waals surface area contributed by atoms with Gasteiger partial charge in [-0.3, -0.25) is 4.57 Å². The van der Waals surface area contributed by atoms with E-state index in [1.807, 2.05) is 23.0 Å². The molecule has 1 fully saturated rings. The van der Waals surface area contributed by atoms with E-state index >= 15 is 0 Å². The average Bonchev–Trinajstić information content (AvgIpc) is 3.12. The van der Waals surface area contributed by atoms with Crippen LogP contribution >= 0.6 is 0 Å². The Hall–Kier alpha value is -1.88. The van der Waals surface area contributed by atoms with Crippen LogP contribution in [0.25, 0.3) is 5.82 Å². The molecule has 20 heavy (non-hydrogen) atoms. The molecule has 1 saturated heterocycles. The molecule has 0 aliphatic carbocycles. The Kier molecular flexibility index (Phi) is 3.97. The molecule has 0 spiro atoms. The summed E-state index contributed by atoms with van der Waals surface area (Å²) >= 11 is 0. The Balaban J connectivity index is 1.57. The van der Waals surface area contributed by atoms with Gasteiger partial charge in [0, 0.05) is 24.5 Å². The number of pyridine rings is 1. The zero-order valence-electron chi connectivity index (χ0n) is 11.8. The molecule has 106 valence electrons. The van der Waals surface area contributed by atoms with Crippen LogP contribution < -0.4 is 10.6 Å². The van der Waals surface area contributed by atoms with Gasteiger partial charge in [0.1, 0.15) is 12.1 Å². The van der Waals surface area contributed by atoms with Crippen LogP contribution in [-0.2, 0) is 0 Å². The highest BCUT2D eigenvalue weighted by atomic mass is 15.1. The number of hydrogen-bond acceptors (Lipinski definition) is 4. The minimum absolute atomic E-state index is 0.450. The molecule has 0 radical (unpaired) electrons. The van der Waals surface area contributed by atoms with E-state index in [1.165, 1.54) is 19.4 Å². The summed E-state index contributed by atoms with van der Waals surface area (Å²) in [7, 11) is 0. The van der Waals surface area contributed by atoms with E-state index in [1.54, 1.807) is 12.5 Å². The van der Waals surface area contributed by atoms with Crippen molar-refractivity contribution >= 4 is 5.69 Å². The molecule has 3 heterocycles. The zero-order valence-corrected chi connectivity index (χ0v) is 11.8. The van der Waals surface area contributed by atoms with Crippen molar-refractivity contribution in [2.75, 3.05) is 11.9 Å². The van der Waals surface area contributed by atoms with Crippen molar-refractivity contribution in [2.24, 2.45) is 0 Å². The second-order valence-corrected chi connectivity index (χ2v) is 5.45. The van der Waals surface area contributed by atoms with E-state index in [4.69, 9.17) is 0 Å². The fraction of sp³-hybridized carbons (Fsp3) is 0.467. The Morgan fingerprint density at radius 3 is 3.10 bits per heavy atom. The lowest BCUT2D eigenvalue weighted by Crippen LogP contribution is -2.29. The topological polar surface area (TPSA) is 54.8 Å². The van der Waals surface area contributed by atoms with Gasteiger partial charge in [-0.1, -0.05) is 0 Å². The third kappa shape index (κ3) is 3.17. The summed E-state index contributed by atoms with van der Waals surface area (Å²) in [5.41, 5.74) is 1.07. The number of aromatic nitrogens is 3. The average molecular weight is 271 g/mol. The summed E-state index contributed by atoms with van der Waals surface area (Å²) in [6.45, 7) is 3.39. The van der Waals surface area contributed by atoms with Gasteiger partial charge in [-0.15, -0.1) is 0 Å². The second kappa shape index (κ2) is 6.05. The summed E-state index contributed by atoms with van der Waals surface area (Å²) in [5, 5.41) is 7.05. The largest absolute Gasteiger partial charge is 0.381 e. The minimum Gasteiger partial charge on any atom is -0.381 e. The van der Waals surface area contributed by atoms with E-state index in [9.17, 15) is 0 Å². The van der Waals surface area contributed by atoms with Crippen LogP contribution in [0.5, 0.6) is 0 Å². The quantitative estimate of drug-likeness (QED) is 0.875. The maximum Gasteiger partial charge on any atom is 0.137 e. The number of anilines is 1. The highest BCUT2D eigenvalue weighted by Crippen LogP contribution is 2.15. The van der Waals surface area contributed by atoms with Gasteiger partial charge in [0.2, 0.25) is 0 Å². The van der Waals surface area contributed by atoms with E-state index in [2.05, 4.69) is 33.6 Å². The lowest BCUT2D eigenvalue weighted by atomic mass is 10.1. The first kappa shape index (κ1) is 13.1. The zero-order chi connectivity index (χ0) is 13.8. The normalized spacial score (nSPS) is 19.9. The first-order valence-corrected chi connectivity index (χ1v) is 7.25. The van der Waals surface area contributed by atoms with Gasteiger partial charge in [0.25, 0.3) is 0 Å². The van der Waals surface area contributed by atoms with E-state index in [-0.39, 0.29) is 0 Å². The van der Waals surface area contributed by atoms with E-state index in [0.717, 1.165) is 17.9 Å². The number of hydrogen-bond donors (Lipinski definition) is 2. The van der Waals surface area contributed by atoms with Gasteiger partial charge in [-0.25, -0.2) is 9.97 Å². The molecule has 0 bridgehead atoms. The third-order valence-corrected chi connectivity index (χ3v) is 3.73. The lowest BCUT2D eigenvalue weighted by Gasteiger charge is -2.19. The Morgan fingerprint density at radius 1 is 1.50 bits per heavy atom. The van der Waals surface area contributed by atoms with Crippen LogP contribution in [0, 0.1) is 0 Å². The lowest BCUT2D eigenvalue weighted by molar-refractivity contribution is 0.523. The molecule has 1 aliphatic rings. The van der Waals surface area contributed by atoms with E-state index in [0.29, 0.717) is 12.1 Å². The summed E-state index contributed by atoms with van der Waals surface area (Å²) in [6.07, 6.45) is 11.0. The van der Waals surface area contributed by atoms with Gasteiger partial charge in [-0.2, -0.15) is 0 Å². The van der Waals surface area contributed by atoms with Crippen LogP contribution in [0.15, 0.2) is 37.1 Å². The minimum atomic E-state index is 0.450. The van der Waals surface area contributed by atoms with E-state index < -0.39 is 0 Å². The predicted molar refractivity (Wildman–Crippen MR) is 80.1 cm³/mol. The molecular weight excluding hydrogens is 250 g/mol. The molecule has 2 N–H and O–H groups in total. The van der Waals surface area contributed by atoms with Crippen LogP contribution in [0.3, 0.4) is 0 Å². The SMILES string of the molecule is CC(CC1CCCN1)Nc1ccc(-n2ccnc2)nc1. The van der Waals surface area contributed by atoms with Crippen LogP contribution in [-0.4, -0.2) is 33.2 Å². The molecule has 0 aromatic carbocycles. The van der Waals surface area contributed by atoms with Crippen molar-refractivity contribution in [3.8, 4) is 5.82 Å². The Morgan fingerprint density at radius 2 is 2.45 bits per heavy atom. The van der Waals surface area contributed by atoms with Gasteiger partial charge >= 0.3 is 0 Å². The monoisotopic (exact) mass is 271 g/mol. The van der Waals surface area contributed by atoms with Crippen molar-refractivity contribution in [3.63, 3.8) is 0 Å². The number of rotatable bonds is 5. The van der Waals surface area contributed by atoms with Crippen molar-refractivity contribution in [2.45, 2.75) is 38.3 Å². The van der Waals surface area contributed by atoms with Crippen LogP contribution in [0.2, 0.25) is 0 Å². The van der Waals surface area contributed by atoms with Crippen LogP contribution in [0.1, 0.15) is 26.2 Å². The number of imidazole rings is 1. The molecule has 1 aliphatic heterocycles. The highest BCUT2D eigenvalue weighted by Gasteiger charge is 2.16. The smallest absolute Gasteiger partial charge is 0.137 e. The maximum atomic E-state index is 4.45. The highest BCUT2D eigenvalue weighted by molar-refractivity contribution is 5.44. The van der Waals surface area contributed by atoms with Crippen molar-refractivity contribution in [3.05, 3.63) is 37.1 Å². The molecule has 3 rings (SSSR count). The molecule has 5 heteroatoms. The fourth-order valence-electron chi connectivity index (χ4n) is 2.75. The summed E-state index contributed by atoms with van der Waals surface area (Å²) in [4.78, 5) is 8.48. The van der Waals surface area contributed by atoms with Gasteiger partial charge in [0.05, 0.1) is 11.9 Å². The molecule has 2 aromatic rings. The van der Waals surface area contributed by atoms with Crippen molar-refractivity contribution in [1.29, 1.82) is 0 Å². The van der Waals surface area contributed by atoms with Crippen molar-refractivity contribution in [1.82, 2.24) is 19.9 Å². The maximum absolute atomic E-state index is 4.45. The Bertz CT molecular complexity index is 514.